The number of carbonyl (C=O) groups is 2. The summed E-state index contributed by atoms with van der Waals surface area (Å²) in [6.45, 7) is 4.56. The number of benzene rings is 2. The number of rotatable bonds is 6. The molecule has 1 aromatic heterocycles. The molecular formula is C22H26N6O2. The standard InChI is InChI=1S/C22H26N6O2/c1-3-4-11-23-22(30)27-28-13-18-19(21(28)24-14(2)29)20(26-25-18)17-10-9-15-7-5-6-8-16(15)12-17/h5-10,12,21H,3-4,11,13H2,1-2H3,(H,24,29)(H,25,26)(H2,23,27,30). The number of hydrogen-bond acceptors (Lipinski definition) is 4. The fourth-order valence-electron chi connectivity index (χ4n) is 3.77. The van der Waals surface area contributed by atoms with Gasteiger partial charge in [0.15, 0.2) is 0 Å². The normalized spacial score (nSPS) is 15.7. The Kier molecular flexibility index (Phi) is 5.67. The van der Waals surface area contributed by atoms with Crippen molar-refractivity contribution in [1.82, 2.24) is 31.3 Å². The van der Waals surface area contributed by atoms with Gasteiger partial charge in [-0.15, -0.1) is 0 Å². The number of hydrogen-bond donors (Lipinski definition) is 4. The number of fused-ring (bicyclic) bond motifs is 2. The molecule has 1 atom stereocenters. The Bertz CT molecular complexity index is 1080. The Labute approximate surface area is 175 Å². The van der Waals surface area contributed by atoms with Gasteiger partial charge in [0.25, 0.3) is 0 Å². The van der Waals surface area contributed by atoms with Gasteiger partial charge in [-0.05, 0) is 23.3 Å². The first-order valence-electron chi connectivity index (χ1n) is 10.2. The van der Waals surface area contributed by atoms with Crippen molar-refractivity contribution in [1.29, 1.82) is 0 Å². The molecule has 8 nitrogen and oxygen atoms in total. The number of aromatic nitrogens is 2. The van der Waals surface area contributed by atoms with E-state index in [1.165, 1.54) is 6.92 Å². The number of hydrazine groups is 1. The highest BCUT2D eigenvalue weighted by molar-refractivity contribution is 5.87. The summed E-state index contributed by atoms with van der Waals surface area (Å²) in [5.74, 6) is -0.184. The molecule has 30 heavy (non-hydrogen) atoms. The van der Waals surface area contributed by atoms with E-state index in [1.54, 1.807) is 5.01 Å². The van der Waals surface area contributed by atoms with E-state index in [-0.39, 0.29) is 11.9 Å². The minimum Gasteiger partial charge on any atom is -0.337 e. The monoisotopic (exact) mass is 406 g/mol. The fraction of sp³-hybridized carbons (Fsp3) is 0.318. The Balaban J connectivity index is 1.62. The highest BCUT2D eigenvalue weighted by Crippen LogP contribution is 2.37. The Morgan fingerprint density at radius 2 is 2.00 bits per heavy atom. The quantitative estimate of drug-likeness (QED) is 0.472. The van der Waals surface area contributed by atoms with Gasteiger partial charge in [0.2, 0.25) is 5.91 Å². The maximum Gasteiger partial charge on any atom is 0.329 e. The number of carbonyl (C=O) groups excluding carboxylic acids is 2. The van der Waals surface area contributed by atoms with Gasteiger partial charge in [-0.1, -0.05) is 49.7 Å². The summed E-state index contributed by atoms with van der Waals surface area (Å²) >= 11 is 0. The van der Waals surface area contributed by atoms with Crippen LogP contribution in [0.5, 0.6) is 0 Å². The van der Waals surface area contributed by atoms with Gasteiger partial charge in [-0.25, -0.2) is 4.79 Å². The van der Waals surface area contributed by atoms with Crippen LogP contribution in [0.3, 0.4) is 0 Å². The third-order valence-electron chi connectivity index (χ3n) is 5.22. The molecule has 1 unspecified atom stereocenters. The predicted octanol–water partition coefficient (Wildman–Crippen LogP) is 3.19. The van der Waals surface area contributed by atoms with Gasteiger partial charge in [0.1, 0.15) is 6.17 Å². The van der Waals surface area contributed by atoms with Gasteiger partial charge in [-0.3, -0.25) is 15.3 Å². The van der Waals surface area contributed by atoms with E-state index >= 15 is 0 Å². The number of nitrogens with one attached hydrogen (secondary N) is 4. The van der Waals surface area contributed by atoms with Gasteiger partial charge < -0.3 is 10.6 Å². The lowest BCUT2D eigenvalue weighted by Crippen LogP contribution is -2.50. The van der Waals surface area contributed by atoms with Crippen LogP contribution in [0.2, 0.25) is 0 Å². The number of amides is 3. The molecule has 2 aromatic carbocycles. The topological polar surface area (TPSA) is 102 Å². The second-order valence-corrected chi connectivity index (χ2v) is 7.48. The van der Waals surface area contributed by atoms with E-state index in [0.717, 1.165) is 46.1 Å². The maximum atomic E-state index is 12.3. The Morgan fingerprint density at radius 1 is 1.20 bits per heavy atom. The van der Waals surface area contributed by atoms with Crippen LogP contribution in [0.4, 0.5) is 4.79 Å². The zero-order chi connectivity index (χ0) is 21.1. The molecule has 0 saturated carbocycles. The van der Waals surface area contributed by atoms with E-state index in [4.69, 9.17) is 0 Å². The lowest BCUT2D eigenvalue weighted by molar-refractivity contribution is -0.121. The highest BCUT2D eigenvalue weighted by atomic mass is 16.2. The lowest BCUT2D eigenvalue weighted by Gasteiger charge is -2.26. The molecule has 2 heterocycles. The minimum atomic E-state index is -0.505. The van der Waals surface area contributed by atoms with Crippen LogP contribution in [-0.2, 0) is 11.3 Å². The molecule has 3 amide bonds. The van der Waals surface area contributed by atoms with Crippen molar-refractivity contribution in [3.63, 3.8) is 0 Å². The molecule has 0 spiro atoms. The maximum absolute atomic E-state index is 12.3. The molecule has 0 aliphatic carbocycles. The number of urea groups is 1. The van der Waals surface area contributed by atoms with E-state index in [1.807, 2.05) is 18.2 Å². The predicted molar refractivity (Wildman–Crippen MR) is 115 cm³/mol. The number of nitrogens with zero attached hydrogens (tertiary/aromatic N) is 2. The molecule has 0 fully saturated rings. The first kappa shape index (κ1) is 19.9. The molecule has 0 radical (unpaired) electrons. The van der Waals surface area contributed by atoms with Gasteiger partial charge in [-0.2, -0.15) is 10.1 Å². The van der Waals surface area contributed by atoms with Crippen LogP contribution in [0.1, 0.15) is 44.1 Å². The summed E-state index contributed by atoms with van der Waals surface area (Å²) in [6, 6.07) is 14.0. The van der Waals surface area contributed by atoms with Crippen molar-refractivity contribution >= 4 is 22.7 Å². The number of aromatic amines is 1. The molecule has 4 N–H and O–H groups in total. The molecule has 1 aliphatic heterocycles. The third-order valence-corrected chi connectivity index (χ3v) is 5.22. The molecule has 3 aromatic rings. The lowest BCUT2D eigenvalue weighted by atomic mass is 10.0. The molecule has 0 saturated heterocycles. The van der Waals surface area contributed by atoms with Gasteiger partial charge in [0.05, 0.1) is 17.9 Å². The summed E-state index contributed by atoms with van der Waals surface area (Å²) in [5.41, 5.74) is 6.31. The summed E-state index contributed by atoms with van der Waals surface area (Å²) < 4.78 is 0. The summed E-state index contributed by atoms with van der Waals surface area (Å²) in [7, 11) is 0. The second kappa shape index (κ2) is 8.54. The zero-order valence-corrected chi connectivity index (χ0v) is 17.2. The fourth-order valence-corrected chi connectivity index (χ4v) is 3.77. The van der Waals surface area contributed by atoms with Crippen molar-refractivity contribution in [3.05, 3.63) is 53.7 Å². The van der Waals surface area contributed by atoms with Crippen LogP contribution in [0.25, 0.3) is 22.0 Å². The van der Waals surface area contributed by atoms with Crippen LogP contribution < -0.4 is 16.1 Å². The molecule has 0 bridgehead atoms. The van der Waals surface area contributed by atoms with Crippen LogP contribution in [0, 0.1) is 0 Å². The van der Waals surface area contributed by atoms with Crippen molar-refractivity contribution in [2.24, 2.45) is 0 Å². The summed E-state index contributed by atoms with van der Waals surface area (Å²) in [4.78, 5) is 24.2. The zero-order valence-electron chi connectivity index (χ0n) is 17.2. The van der Waals surface area contributed by atoms with Crippen molar-refractivity contribution < 1.29 is 9.59 Å². The van der Waals surface area contributed by atoms with Crippen LogP contribution in [-0.4, -0.2) is 33.7 Å². The van der Waals surface area contributed by atoms with E-state index in [0.29, 0.717) is 13.1 Å². The first-order valence-corrected chi connectivity index (χ1v) is 10.2. The SMILES string of the molecule is CCCCNC(=O)NN1Cc2[nH]nc(-c3ccc4ccccc4c3)c2C1NC(C)=O. The summed E-state index contributed by atoms with van der Waals surface area (Å²) in [5, 5.41) is 17.4. The van der Waals surface area contributed by atoms with Crippen molar-refractivity contribution in [2.45, 2.75) is 39.4 Å². The Hall–Kier alpha value is -3.39. The van der Waals surface area contributed by atoms with E-state index in [2.05, 4.69) is 57.4 Å². The summed E-state index contributed by atoms with van der Waals surface area (Å²) in [6.07, 6.45) is 1.41. The van der Waals surface area contributed by atoms with Crippen molar-refractivity contribution in [2.75, 3.05) is 6.54 Å². The minimum absolute atomic E-state index is 0.184. The average Bonchev–Trinajstić information content (AvgIpc) is 3.28. The molecule has 156 valence electrons. The molecule has 1 aliphatic rings. The largest absolute Gasteiger partial charge is 0.337 e. The number of unbranched alkanes of at least 4 members (excludes halogenated alkanes) is 1. The second-order valence-electron chi connectivity index (χ2n) is 7.48. The van der Waals surface area contributed by atoms with E-state index in [9.17, 15) is 9.59 Å². The molecule has 8 heteroatoms. The molecular weight excluding hydrogens is 380 g/mol. The Morgan fingerprint density at radius 3 is 2.77 bits per heavy atom. The van der Waals surface area contributed by atoms with Crippen LogP contribution >= 0.6 is 0 Å². The van der Waals surface area contributed by atoms with Crippen molar-refractivity contribution in [3.8, 4) is 11.3 Å². The molecule has 4 rings (SSSR count). The van der Waals surface area contributed by atoms with E-state index < -0.39 is 6.17 Å². The third kappa shape index (κ3) is 3.99. The van der Waals surface area contributed by atoms with Crippen LogP contribution in [0.15, 0.2) is 42.5 Å². The smallest absolute Gasteiger partial charge is 0.329 e. The first-order chi connectivity index (χ1) is 14.6. The van der Waals surface area contributed by atoms with Gasteiger partial charge >= 0.3 is 6.03 Å². The van der Waals surface area contributed by atoms with Gasteiger partial charge in [0, 0.05) is 24.6 Å². The average molecular weight is 406 g/mol. The highest BCUT2D eigenvalue weighted by Gasteiger charge is 2.37. The number of H-pyrrole nitrogens is 1.